The predicted octanol–water partition coefficient (Wildman–Crippen LogP) is 6.13. The van der Waals surface area contributed by atoms with E-state index in [4.69, 9.17) is 14.6 Å². The highest BCUT2D eigenvalue weighted by Gasteiger charge is 2.79. The molecule has 0 aliphatic heterocycles. The number of carbonyl (C=O) groups excluding carboxylic acids is 1. The Balaban J connectivity index is 2.17. The van der Waals surface area contributed by atoms with Gasteiger partial charge in [0.05, 0.1) is 20.1 Å². The highest BCUT2D eigenvalue weighted by atomic mass is 19.4. The minimum Gasteiger partial charge on any atom is -0.496 e. The van der Waals surface area contributed by atoms with Gasteiger partial charge in [-0.2, -0.15) is 35.1 Å². The Morgan fingerprint density at radius 3 is 2.00 bits per heavy atom. The maximum absolute atomic E-state index is 14.0. The predicted molar refractivity (Wildman–Crippen MR) is 115 cm³/mol. The second kappa shape index (κ2) is 11.3. The van der Waals surface area contributed by atoms with Crippen LogP contribution in [0.4, 0.5) is 35.1 Å². The van der Waals surface area contributed by atoms with E-state index in [1.54, 1.807) is 30.3 Å². The van der Waals surface area contributed by atoms with Gasteiger partial charge in [0.25, 0.3) is 0 Å². The van der Waals surface area contributed by atoms with E-state index >= 15 is 0 Å². The van der Waals surface area contributed by atoms with Gasteiger partial charge in [-0.3, -0.25) is 4.79 Å². The smallest absolute Gasteiger partial charge is 0.378 e. The zero-order valence-electron chi connectivity index (χ0n) is 18.8. The molecule has 4 nitrogen and oxygen atoms in total. The van der Waals surface area contributed by atoms with Crippen molar-refractivity contribution in [2.24, 2.45) is 0 Å². The lowest BCUT2D eigenvalue weighted by Crippen LogP contribution is -2.62. The molecule has 0 heterocycles. The summed E-state index contributed by atoms with van der Waals surface area (Å²) in [5, 5.41) is 8.39. The number of halogens is 8. The lowest BCUT2D eigenvalue weighted by atomic mass is 9.95. The van der Waals surface area contributed by atoms with Gasteiger partial charge in [0.2, 0.25) is 0 Å². The monoisotopic (exact) mass is 526 g/mol. The topological polar surface area (TPSA) is 55.8 Å². The Labute approximate surface area is 201 Å². The number of aldehydes is 1. The van der Waals surface area contributed by atoms with Crippen LogP contribution < -0.4 is 9.47 Å². The molecule has 198 valence electrons. The molecule has 1 N–H and O–H groups in total. The van der Waals surface area contributed by atoms with E-state index in [1.807, 2.05) is 0 Å². The van der Waals surface area contributed by atoms with Crippen LogP contribution in [-0.4, -0.2) is 55.4 Å². The molecular weight excluding hydrogens is 504 g/mol. The van der Waals surface area contributed by atoms with Crippen LogP contribution in [0, 0.1) is 0 Å². The molecule has 2 aromatic carbocycles. The molecule has 0 radical (unpaired) electrons. The molecule has 0 saturated heterocycles. The van der Waals surface area contributed by atoms with Gasteiger partial charge in [0.15, 0.2) is 6.29 Å². The quantitative estimate of drug-likeness (QED) is 0.148. The third kappa shape index (κ3) is 5.97. The number of aliphatic hydroxyl groups is 1. The highest BCUT2D eigenvalue weighted by molar-refractivity contribution is 6.13. The summed E-state index contributed by atoms with van der Waals surface area (Å²) in [6.45, 7) is -2.84. The van der Waals surface area contributed by atoms with Crippen LogP contribution in [-0.2, 0) is 4.79 Å². The molecule has 2 aromatic rings. The van der Waals surface area contributed by atoms with Gasteiger partial charge in [-0.05, 0) is 23.8 Å². The number of alkyl halides is 8. The summed E-state index contributed by atoms with van der Waals surface area (Å²) in [5.74, 6) is -24.1. The number of aliphatic hydroxyl groups excluding tert-OH is 1. The number of ether oxygens (including phenoxy) is 2. The van der Waals surface area contributed by atoms with Crippen molar-refractivity contribution in [3.05, 3.63) is 59.7 Å². The van der Waals surface area contributed by atoms with Gasteiger partial charge in [-0.15, -0.1) is 0 Å². The summed E-state index contributed by atoms with van der Waals surface area (Å²) >= 11 is 0. The summed E-state index contributed by atoms with van der Waals surface area (Å²) in [6, 6.07) is 12.3. The first-order chi connectivity index (χ1) is 16.7. The summed E-state index contributed by atoms with van der Waals surface area (Å²) in [4.78, 5) is 11.5. The average molecular weight is 526 g/mol. The fourth-order valence-corrected chi connectivity index (χ4v) is 3.09. The van der Waals surface area contributed by atoms with Crippen LogP contribution in [0.15, 0.2) is 48.5 Å². The van der Waals surface area contributed by atoms with Crippen molar-refractivity contribution in [2.45, 2.75) is 36.5 Å². The molecule has 0 aliphatic carbocycles. The molecule has 0 fully saturated rings. The number of hydrogen-bond acceptors (Lipinski definition) is 4. The molecule has 0 unspecified atom stereocenters. The second-order valence-electron chi connectivity index (χ2n) is 7.62. The van der Waals surface area contributed by atoms with Crippen molar-refractivity contribution in [1.82, 2.24) is 0 Å². The number of benzene rings is 2. The lowest BCUT2D eigenvalue weighted by molar-refractivity contribution is -0.368. The van der Waals surface area contributed by atoms with Crippen LogP contribution in [0.3, 0.4) is 0 Å². The number of rotatable bonds is 13. The molecule has 0 atom stereocenters. The van der Waals surface area contributed by atoms with Crippen LogP contribution in [0.25, 0.3) is 11.6 Å². The Kier molecular flexibility index (Phi) is 9.11. The Morgan fingerprint density at radius 2 is 1.47 bits per heavy atom. The van der Waals surface area contributed by atoms with Crippen molar-refractivity contribution >= 4 is 17.9 Å². The lowest BCUT2D eigenvalue weighted by Gasteiger charge is -2.36. The fourth-order valence-electron chi connectivity index (χ4n) is 3.09. The van der Waals surface area contributed by atoms with Crippen LogP contribution in [0.1, 0.15) is 24.0 Å². The molecule has 0 spiro atoms. The van der Waals surface area contributed by atoms with E-state index in [2.05, 4.69) is 0 Å². The van der Waals surface area contributed by atoms with E-state index in [0.717, 1.165) is 0 Å². The fraction of sp³-hybridized carbons (Fsp3) is 0.375. The van der Waals surface area contributed by atoms with Gasteiger partial charge in [-0.1, -0.05) is 30.3 Å². The maximum atomic E-state index is 14.0. The van der Waals surface area contributed by atoms with Crippen LogP contribution >= 0.6 is 0 Å². The third-order valence-corrected chi connectivity index (χ3v) is 5.17. The molecule has 2 rings (SSSR count). The zero-order valence-corrected chi connectivity index (χ0v) is 18.8. The van der Waals surface area contributed by atoms with Gasteiger partial charge in [-0.25, -0.2) is 0 Å². The standard InChI is InChI=1S/C24H22F8O4/c1-35-20-14-19(8-7-17(20)13-18(15-34)16-5-3-2-4-6-16)36-12-10-22(27,28)24(31,32)23(29,30)21(25,26)9-11-33/h2-8,13-15,33H,9-12H2,1H3/b18-13+. The molecule has 0 amide bonds. The molecule has 0 bridgehead atoms. The molecule has 0 aromatic heterocycles. The van der Waals surface area contributed by atoms with Crippen molar-refractivity contribution in [1.29, 1.82) is 0 Å². The van der Waals surface area contributed by atoms with Crippen molar-refractivity contribution in [2.75, 3.05) is 20.3 Å². The summed E-state index contributed by atoms with van der Waals surface area (Å²) < 4.78 is 120. The summed E-state index contributed by atoms with van der Waals surface area (Å²) in [5.41, 5.74) is 1.25. The zero-order chi connectivity index (χ0) is 27.2. The first-order valence-electron chi connectivity index (χ1n) is 10.4. The third-order valence-electron chi connectivity index (χ3n) is 5.17. The minimum atomic E-state index is -6.43. The second-order valence-corrected chi connectivity index (χ2v) is 7.62. The molecular formula is C24H22F8O4. The largest absolute Gasteiger partial charge is 0.496 e. The van der Waals surface area contributed by atoms with Crippen molar-refractivity contribution in [3.63, 3.8) is 0 Å². The van der Waals surface area contributed by atoms with Gasteiger partial charge < -0.3 is 14.6 Å². The number of carbonyl (C=O) groups is 1. The summed E-state index contributed by atoms with van der Waals surface area (Å²) in [6.07, 6.45) is -2.08. The van der Waals surface area contributed by atoms with E-state index < -0.39 is 49.7 Å². The van der Waals surface area contributed by atoms with E-state index in [0.29, 0.717) is 17.4 Å². The molecule has 0 aliphatic rings. The van der Waals surface area contributed by atoms with E-state index in [1.165, 1.54) is 31.4 Å². The molecule has 0 saturated carbocycles. The van der Waals surface area contributed by atoms with Crippen molar-refractivity contribution < 1.29 is 54.5 Å². The summed E-state index contributed by atoms with van der Waals surface area (Å²) in [7, 11) is 1.25. The Morgan fingerprint density at radius 1 is 0.889 bits per heavy atom. The van der Waals surface area contributed by atoms with E-state index in [-0.39, 0.29) is 17.1 Å². The van der Waals surface area contributed by atoms with Crippen LogP contribution in [0.5, 0.6) is 11.5 Å². The first kappa shape index (κ1) is 29.1. The van der Waals surface area contributed by atoms with Crippen molar-refractivity contribution in [3.8, 4) is 11.5 Å². The highest BCUT2D eigenvalue weighted by Crippen LogP contribution is 2.54. The Hall–Kier alpha value is -3.15. The SMILES string of the molecule is COc1cc(OCCC(F)(F)C(F)(F)C(F)(F)C(F)(F)CCO)ccc1/C=C(\C=O)c1ccccc1. The number of methoxy groups -OCH3 is 1. The van der Waals surface area contributed by atoms with Gasteiger partial charge in [0, 0.05) is 30.2 Å². The van der Waals surface area contributed by atoms with Crippen LogP contribution in [0.2, 0.25) is 0 Å². The number of hydrogen-bond donors (Lipinski definition) is 1. The normalized spacial score (nSPS) is 13.4. The molecule has 12 heteroatoms. The van der Waals surface area contributed by atoms with Gasteiger partial charge in [0.1, 0.15) is 11.5 Å². The number of allylic oxidation sites excluding steroid dienone is 1. The minimum absolute atomic E-state index is 0.107. The Bertz CT molecular complexity index is 1060. The van der Waals surface area contributed by atoms with Gasteiger partial charge >= 0.3 is 23.7 Å². The maximum Gasteiger partial charge on any atom is 0.378 e. The molecule has 36 heavy (non-hydrogen) atoms. The average Bonchev–Trinajstić information content (AvgIpc) is 2.83. The first-order valence-corrected chi connectivity index (χ1v) is 10.4. The van der Waals surface area contributed by atoms with E-state index in [9.17, 15) is 39.9 Å².